The molecule has 2 atom stereocenters. The van der Waals surface area contributed by atoms with Gasteiger partial charge in [0.15, 0.2) is 0 Å². The van der Waals surface area contributed by atoms with E-state index in [0.29, 0.717) is 12.1 Å². The number of ether oxygens (including phenoxy) is 1. The molecule has 0 aliphatic carbocycles. The molecule has 0 spiro atoms. The molecular weight excluding hydrogens is 212 g/mol. The summed E-state index contributed by atoms with van der Waals surface area (Å²) in [5.74, 6) is 5.63. The summed E-state index contributed by atoms with van der Waals surface area (Å²) in [6.07, 6.45) is 6.02. The number of rotatable bonds is 5. The number of hydrogen-bond acceptors (Lipinski definition) is 3. The van der Waals surface area contributed by atoms with Gasteiger partial charge in [-0.3, -0.25) is 11.3 Å². The van der Waals surface area contributed by atoms with E-state index in [0.717, 1.165) is 19.4 Å². The minimum Gasteiger partial charge on any atom is -0.378 e. The van der Waals surface area contributed by atoms with Crippen LogP contribution in [0.5, 0.6) is 0 Å². The Morgan fingerprint density at radius 1 is 1.29 bits per heavy atom. The Morgan fingerprint density at radius 3 is 2.76 bits per heavy atom. The maximum atomic E-state index is 5.75. The summed E-state index contributed by atoms with van der Waals surface area (Å²) in [7, 11) is 0. The molecule has 1 fully saturated rings. The van der Waals surface area contributed by atoms with Crippen molar-refractivity contribution in [1.82, 2.24) is 5.43 Å². The molecule has 3 heteroatoms. The van der Waals surface area contributed by atoms with Crippen LogP contribution in [0.3, 0.4) is 0 Å². The van der Waals surface area contributed by atoms with Gasteiger partial charge in [-0.25, -0.2) is 0 Å². The van der Waals surface area contributed by atoms with Crippen LogP contribution in [-0.4, -0.2) is 18.8 Å². The Balaban J connectivity index is 1.83. The lowest BCUT2D eigenvalue weighted by Crippen LogP contribution is -2.40. The van der Waals surface area contributed by atoms with Crippen molar-refractivity contribution in [2.24, 2.45) is 5.84 Å². The summed E-state index contributed by atoms with van der Waals surface area (Å²) in [6, 6.07) is 10.8. The minimum absolute atomic E-state index is 0.306. The predicted molar refractivity (Wildman–Crippen MR) is 69.5 cm³/mol. The molecule has 3 N–H and O–H groups in total. The summed E-state index contributed by atoms with van der Waals surface area (Å²) < 4.78 is 5.75. The number of nitrogens with two attached hydrogens (primary N) is 1. The Hall–Kier alpha value is -0.900. The zero-order valence-electron chi connectivity index (χ0n) is 10.3. The fourth-order valence-electron chi connectivity index (χ4n) is 2.42. The molecular formula is C14H22N2O. The van der Waals surface area contributed by atoms with Gasteiger partial charge in [0.05, 0.1) is 6.10 Å². The van der Waals surface area contributed by atoms with Gasteiger partial charge < -0.3 is 4.74 Å². The third-order valence-electron chi connectivity index (χ3n) is 3.38. The lowest BCUT2D eigenvalue weighted by Gasteiger charge is -2.26. The minimum atomic E-state index is 0.306. The van der Waals surface area contributed by atoms with Gasteiger partial charge in [0, 0.05) is 12.6 Å². The summed E-state index contributed by atoms with van der Waals surface area (Å²) in [5, 5.41) is 0. The van der Waals surface area contributed by atoms with Crippen LogP contribution in [0.25, 0.3) is 0 Å². The molecule has 0 radical (unpaired) electrons. The van der Waals surface area contributed by atoms with E-state index in [4.69, 9.17) is 10.6 Å². The van der Waals surface area contributed by atoms with Gasteiger partial charge in [-0.15, -0.1) is 0 Å². The Kier molecular flexibility index (Phi) is 4.98. The third kappa shape index (κ3) is 4.11. The average Bonchev–Trinajstić information content (AvgIpc) is 2.40. The molecule has 1 saturated heterocycles. The van der Waals surface area contributed by atoms with E-state index >= 15 is 0 Å². The van der Waals surface area contributed by atoms with Gasteiger partial charge in [-0.05, 0) is 37.7 Å². The normalized spacial score (nSPS) is 22.3. The fourth-order valence-corrected chi connectivity index (χ4v) is 2.42. The SMILES string of the molecule is NNC(Cc1ccccc1)CC1CCCCO1. The molecule has 2 rings (SSSR count). The van der Waals surface area contributed by atoms with E-state index in [9.17, 15) is 0 Å². The zero-order valence-corrected chi connectivity index (χ0v) is 10.3. The predicted octanol–water partition coefficient (Wildman–Crippen LogP) is 2.02. The lowest BCUT2D eigenvalue weighted by atomic mass is 9.97. The van der Waals surface area contributed by atoms with Crippen molar-refractivity contribution in [1.29, 1.82) is 0 Å². The average molecular weight is 234 g/mol. The van der Waals surface area contributed by atoms with Gasteiger partial charge in [0.25, 0.3) is 0 Å². The van der Waals surface area contributed by atoms with Crippen LogP contribution in [0.1, 0.15) is 31.2 Å². The van der Waals surface area contributed by atoms with Gasteiger partial charge >= 0.3 is 0 Å². The second-order valence-electron chi connectivity index (χ2n) is 4.78. The largest absolute Gasteiger partial charge is 0.378 e. The number of benzene rings is 1. The van der Waals surface area contributed by atoms with Crippen molar-refractivity contribution in [2.45, 2.75) is 44.2 Å². The van der Waals surface area contributed by atoms with Crippen LogP contribution in [0.15, 0.2) is 30.3 Å². The zero-order chi connectivity index (χ0) is 11.9. The Morgan fingerprint density at radius 2 is 2.12 bits per heavy atom. The maximum absolute atomic E-state index is 5.75. The first-order valence-electron chi connectivity index (χ1n) is 6.50. The first kappa shape index (κ1) is 12.6. The standard InChI is InChI=1S/C14H22N2O/c15-16-13(10-12-6-2-1-3-7-12)11-14-8-4-5-9-17-14/h1-3,6-7,13-14,16H,4-5,8-11,15H2. The number of hydrogen-bond donors (Lipinski definition) is 2. The Labute approximate surface area is 103 Å². The van der Waals surface area contributed by atoms with Crippen LogP contribution in [0, 0.1) is 0 Å². The van der Waals surface area contributed by atoms with E-state index in [1.165, 1.54) is 24.8 Å². The fraction of sp³-hybridized carbons (Fsp3) is 0.571. The lowest BCUT2D eigenvalue weighted by molar-refractivity contribution is 0.00524. The molecule has 0 bridgehead atoms. The molecule has 2 unspecified atom stereocenters. The molecule has 1 aromatic rings. The molecule has 0 saturated carbocycles. The van der Waals surface area contributed by atoms with Gasteiger partial charge in [-0.2, -0.15) is 0 Å². The molecule has 0 aromatic heterocycles. The first-order valence-corrected chi connectivity index (χ1v) is 6.50. The van der Waals surface area contributed by atoms with Crippen molar-refractivity contribution in [3.63, 3.8) is 0 Å². The number of nitrogens with one attached hydrogen (secondary N) is 1. The van der Waals surface area contributed by atoms with Crippen molar-refractivity contribution in [3.8, 4) is 0 Å². The molecule has 0 amide bonds. The summed E-state index contributed by atoms with van der Waals surface area (Å²) in [4.78, 5) is 0. The second-order valence-corrected chi connectivity index (χ2v) is 4.78. The van der Waals surface area contributed by atoms with Crippen molar-refractivity contribution in [3.05, 3.63) is 35.9 Å². The summed E-state index contributed by atoms with van der Waals surface area (Å²) >= 11 is 0. The van der Waals surface area contributed by atoms with Crippen LogP contribution in [0.2, 0.25) is 0 Å². The molecule has 17 heavy (non-hydrogen) atoms. The van der Waals surface area contributed by atoms with Crippen molar-refractivity contribution < 1.29 is 4.74 Å². The van der Waals surface area contributed by atoms with Crippen LogP contribution < -0.4 is 11.3 Å². The van der Waals surface area contributed by atoms with Gasteiger partial charge in [-0.1, -0.05) is 30.3 Å². The highest BCUT2D eigenvalue weighted by Gasteiger charge is 2.18. The van der Waals surface area contributed by atoms with Gasteiger partial charge in [0.1, 0.15) is 0 Å². The van der Waals surface area contributed by atoms with E-state index in [1.54, 1.807) is 0 Å². The highest BCUT2D eigenvalue weighted by atomic mass is 16.5. The second kappa shape index (κ2) is 6.74. The summed E-state index contributed by atoms with van der Waals surface area (Å²) in [5.41, 5.74) is 4.24. The van der Waals surface area contributed by atoms with E-state index in [2.05, 4.69) is 29.7 Å². The van der Waals surface area contributed by atoms with Crippen LogP contribution in [0.4, 0.5) is 0 Å². The molecule has 1 aliphatic rings. The molecule has 3 nitrogen and oxygen atoms in total. The van der Waals surface area contributed by atoms with Crippen LogP contribution in [-0.2, 0) is 11.2 Å². The van der Waals surface area contributed by atoms with E-state index in [-0.39, 0.29) is 0 Å². The maximum Gasteiger partial charge on any atom is 0.0590 e. The van der Waals surface area contributed by atoms with Crippen molar-refractivity contribution >= 4 is 0 Å². The quantitative estimate of drug-likeness (QED) is 0.605. The highest BCUT2D eigenvalue weighted by Crippen LogP contribution is 2.18. The number of hydrazine groups is 1. The highest BCUT2D eigenvalue weighted by molar-refractivity contribution is 5.15. The topological polar surface area (TPSA) is 47.3 Å². The monoisotopic (exact) mass is 234 g/mol. The summed E-state index contributed by atoms with van der Waals surface area (Å²) in [6.45, 7) is 0.910. The van der Waals surface area contributed by atoms with E-state index in [1.807, 2.05) is 6.07 Å². The molecule has 94 valence electrons. The third-order valence-corrected chi connectivity index (χ3v) is 3.38. The molecule has 1 aliphatic heterocycles. The molecule has 1 heterocycles. The van der Waals surface area contributed by atoms with Crippen molar-refractivity contribution in [2.75, 3.05) is 6.61 Å². The van der Waals surface area contributed by atoms with Gasteiger partial charge in [0.2, 0.25) is 0 Å². The van der Waals surface area contributed by atoms with E-state index < -0.39 is 0 Å². The van der Waals surface area contributed by atoms with Crippen LogP contribution >= 0.6 is 0 Å². The Bertz CT molecular complexity index is 309. The first-order chi connectivity index (χ1) is 8.38. The molecule has 1 aromatic carbocycles. The smallest absolute Gasteiger partial charge is 0.0590 e.